The second-order valence-electron chi connectivity index (χ2n) is 5.83. The molecule has 0 fully saturated rings. The van der Waals surface area contributed by atoms with Crippen molar-refractivity contribution in [2.24, 2.45) is 0 Å². The second kappa shape index (κ2) is 5.83. The minimum absolute atomic E-state index is 0.0357. The first kappa shape index (κ1) is 15.2. The third-order valence-electron chi connectivity index (χ3n) is 3.96. The third-order valence-corrected chi connectivity index (χ3v) is 3.96. The summed E-state index contributed by atoms with van der Waals surface area (Å²) in [5.41, 5.74) is 4.06. The van der Waals surface area contributed by atoms with Gasteiger partial charge in [0.1, 0.15) is 5.76 Å². The van der Waals surface area contributed by atoms with E-state index in [4.69, 9.17) is 4.52 Å². The summed E-state index contributed by atoms with van der Waals surface area (Å²) < 4.78 is 5.17. The van der Waals surface area contributed by atoms with Crippen LogP contribution in [-0.4, -0.2) is 26.2 Å². The molecule has 2 N–H and O–H groups in total. The quantitative estimate of drug-likeness (QED) is 0.771. The van der Waals surface area contributed by atoms with Crippen molar-refractivity contribution in [3.8, 4) is 0 Å². The molecule has 0 saturated heterocycles. The van der Waals surface area contributed by atoms with Crippen LogP contribution in [0.1, 0.15) is 42.0 Å². The number of rotatable bonds is 4. The number of nitrogens with one attached hydrogen (secondary N) is 2. The SMILES string of the molecule is Cc1noc(C)c1[C@H](C)CC(=O)Nc1cnc2n[nH]c(C)c2c1. The number of pyridine rings is 1. The van der Waals surface area contributed by atoms with Gasteiger partial charge in [0, 0.05) is 23.1 Å². The number of aromatic amines is 1. The lowest BCUT2D eigenvalue weighted by Crippen LogP contribution is -2.15. The molecule has 1 atom stereocenters. The van der Waals surface area contributed by atoms with Crippen LogP contribution >= 0.6 is 0 Å². The van der Waals surface area contributed by atoms with Gasteiger partial charge < -0.3 is 9.84 Å². The summed E-state index contributed by atoms with van der Waals surface area (Å²) in [6, 6.07) is 1.87. The summed E-state index contributed by atoms with van der Waals surface area (Å²) in [6.07, 6.45) is 1.96. The Labute approximate surface area is 133 Å². The highest BCUT2D eigenvalue weighted by atomic mass is 16.5. The van der Waals surface area contributed by atoms with Gasteiger partial charge in [0.2, 0.25) is 5.91 Å². The Bertz CT molecular complexity index is 845. The van der Waals surface area contributed by atoms with Crippen LogP contribution in [0.2, 0.25) is 0 Å². The van der Waals surface area contributed by atoms with Crippen LogP contribution < -0.4 is 5.32 Å². The number of fused-ring (bicyclic) bond motifs is 1. The van der Waals surface area contributed by atoms with Crippen molar-refractivity contribution in [3.63, 3.8) is 0 Å². The van der Waals surface area contributed by atoms with Gasteiger partial charge in [0.05, 0.1) is 17.6 Å². The minimum atomic E-state index is -0.0696. The first-order valence-corrected chi connectivity index (χ1v) is 7.49. The zero-order valence-electron chi connectivity index (χ0n) is 13.6. The highest BCUT2D eigenvalue weighted by molar-refractivity contribution is 5.93. The van der Waals surface area contributed by atoms with Crippen molar-refractivity contribution in [2.75, 3.05) is 5.32 Å². The average molecular weight is 313 g/mol. The lowest BCUT2D eigenvalue weighted by atomic mass is 9.96. The first-order valence-electron chi connectivity index (χ1n) is 7.49. The topological polar surface area (TPSA) is 96.7 Å². The van der Waals surface area contributed by atoms with E-state index in [1.807, 2.05) is 33.8 Å². The van der Waals surface area contributed by atoms with E-state index in [-0.39, 0.29) is 11.8 Å². The summed E-state index contributed by atoms with van der Waals surface area (Å²) >= 11 is 0. The maximum Gasteiger partial charge on any atom is 0.225 e. The van der Waals surface area contributed by atoms with Crippen molar-refractivity contribution in [3.05, 3.63) is 35.0 Å². The van der Waals surface area contributed by atoms with Gasteiger partial charge >= 0.3 is 0 Å². The maximum atomic E-state index is 12.3. The number of H-pyrrole nitrogens is 1. The van der Waals surface area contributed by atoms with Gasteiger partial charge in [-0.15, -0.1) is 0 Å². The fourth-order valence-electron chi connectivity index (χ4n) is 2.87. The number of hydrogen-bond donors (Lipinski definition) is 2. The number of carbonyl (C=O) groups excluding carboxylic acids is 1. The number of nitrogens with zero attached hydrogens (tertiary/aromatic N) is 3. The summed E-state index contributed by atoms with van der Waals surface area (Å²) in [7, 11) is 0. The Morgan fingerprint density at radius 3 is 2.87 bits per heavy atom. The molecular weight excluding hydrogens is 294 g/mol. The predicted molar refractivity (Wildman–Crippen MR) is 86.3 cm³/mol. The van der Waals surface area contributed by atoms with E-state index in [2.05, 4.69) is 25.7 Å². The number of hydrogen-bond acceptors (Lipinski definition) is 5. The molecule has 0 bridgehead atoms. The van der Waals surface area contributed by atoms with Crippen LogP contribution in [0.3, 0.4) is 0 Å². The molecule has 0 unspecified atom stereocenters. The molecule has 0 radical (unpaired) electrons. The summed E-state index contributed by atoms with van der Waals surface area (Å²) in [5.74, 6) is 0.730. The lowest BCUT2D eigenvalue weighted by molar-refractivity contribution is -0.116. The predicted octanol–water partition coefficient (Wildman–Crippen LogP) is 3.00. The van der Waals surface area contributed by atoms with Gasteiger partial charge in [0.15, 0.2) is 5.65 Å². The van der Waals surface area contributed by atoms with Crippen LogP contribution in [-0.2, 0) is 4.79 Å². The van der Waals surface area contributed by atoms with E-state index in [9.17, 15) is 4.79 Å². The number of aromatic nitrogens is 4. The minimum Gasteiger partial charge on any atom is -0.361 e. The van der Waals surface area contributed by atoms with Crippen molar-refractivity contribution in [1.82, 2.24) is 20.3 Å². The Morgan fingerprint density at radius 1 is 1.39 bits per heavy atom. The molecule has 3 aromatic heterocycles. The average Bonchev–Trinajstić information content (AvgIpc) is 3.02. The van der Waals surface area contributed by atoms with Gasteiger partial charge in [-0.1, -0.05) is 12.1 Å². The summed E-state index contributed by atoms with van der Waals surface area (Å²) in [6.45, 7) is 7.67. The molecule has 1 amide bonds. The molecule has 120 valence electrons. The molecule has 7 nitrogen and oxygen atoms in total. The third kappa shape index (κ3) is 2.94. The van der Waals surface area contributed by atoms with Gasteiger partial charge in [-0.25, -0.2) is 4.98 Å². The van der Waals surface area contributed by atoms with Crippen LogP contribution in [0.25, 0.3) is 11.0 Å². The molecule has 7 heteroatoms. The first-order chi connectivity index (χ1) is 11.0. The smallest absolute Gasteiger partial charge is 0.225 e. The molecule has 0 aliphatic heterocycles. The molecule has 0 aliphatic rings. The van der Waals surface area contributed by atoms with Crippen LogP contribution in [0.15, 0.2) is 16.8 Å². The van der Waals surface area contributed by atoms with E-state index in [0.717, 1.165) is 28.1 Å². The molecule has 3 aromatic rings. The second-order valence-corrected chi connectivity index (χ2v) is 5.83. The van der Waals surface area contributed by atoms with Gasteiger partial charge in [-0.3, -0.25) is 9.89 Å². The lowest BCUT2D eigenvalue weighted by Gasteiger charge is -2.11. The van der Waals surface area contributed by atoms with Gasteiger partial charge in [-0.05, 0) is 32.8 Å². The van der Waals surface area contributed by atoms with Crippen LogP contribution in [0.4, 0.5) is 5.69 Å². The zero-order chi connectivity index (χ0) is 16.6. The Balaban J connectivity index is 1.72. The number of anilines is 1. The molecule has 0 saturated carbocycles. The summed E-state index contributed by atoms with van der Waals surface area (Å²) in [4.78, 5) is 16.5. The van der Waals surface area contributed by atoms with E-state index >= 15 is 0 Å². The summed E-state index contributed by atoms with van der Waals surface area (Å²) in [5, 5.41) is 14.7. The van der Waals surface area contributed by atoms with E-state index < -0.39 is 0 Å². The molecule has 3 rings (SSSR count). The van der Waals surface area contributed by atoms with Crippen LogP contribution in [0.5, 0.6) is 0 Å². The Hall–Kier alpha value is -2.70. The Morgan fingerprint density at radius 2 is 2.17 bits per heavy atom. The normalized spacial score (nSPS) is 12.5. The Kier molecular flexibility index (Phi) is 3.85. The largest absolute Gasteiger partial charge is 0.361 e. The fraction of sp³-hybridized carbons (Fsp3) is 0.375. The maximum absolute atomic E-state index is 12.3. The molecular formula is C16H19N5O2. The number of amides is 1. The van der Waals surface area contributed by atoms with E-state index in [1.54, 1.807) is 6.20 Å². The van der Waals surface area contributed by atoms with E-state index in [0.29, 0.717) is 17.8 Å². The van der Waals surface area contributed by atoms with Crippen molar-refractivity contribution in [2.45, 2.75) is 40.0 Å². The van der Waals surface area contributed by atoms with Crippen molar-refractivity contribution < 1.29 is 9.32 Å². The van der Waals surface area contributed by atoms with Crippen LogP contribution in [0, 0.1) is 20.8 Å². The number of carbonyl (C=O) groups is 1. The van der Waals surface area contributed by atoms with Crippen molar-refractivity contribution >= 4 is 22.6 Å². The molecule has 0 spiro atoms. The van der Waals surface area contributed by atoms with Gasteiger partial charge in [0.25, 0.3) is 0 Å². The molecule has 0 aromatic carbocycles. The monoisotopic (exact) mass is 313 g/mol. The van der Waals surface area contributed by atoms with Crippen molar-refractivity contribution in [1.29, 1.82) is 0 Å². The molecule has 0 aliphatic carbocycles. The zero-order valence-corrected chi connectivity index (χ0v) is 13.6. The highest BCUT2D eigenvalue weighted by Gasteiger charge is 2.19. The number of aryl methyl sites for hydroxylation is 3. The fourth-order valence-corrected chi connectivity index (χ4v) is 2.87. The molecule has 3 heterocycles. The molecule has 23 heavy (non-hydrogen) atoms. The standard InChI is InChI=1S/C16H19N5O2/c1-8(15-10(3)21-23-11(15)4)5-14(22)18-12-6-13-9(2)19-20-16(13)17-7-12/h6-8H,5H2,1-4H3,(H,18,22)(H,17,19,20)/t8-/m1/s1. The van der Waals surface area contributed by atoms with Gasteiger partial charge in [-0.2, -0.15) is 5.10 Å². The van der Waals surface area contributed by atoms with E-state index in [1.165, 1.54) is 0 Å². The highest BCUT2D eigenvalue weighted by Crippen LogP contribution is 2.26.